The molecule has 0 fully saturated rings. The zero-order valence-corrected chi connectivity index (χ0v) is 16.9. The summed E-state index contributed by atoms with van der Waals surface area (Å²) >= 11 is 3.06. The quantitative estimate of drug-likeness (QED) is 0.593. The number of carbonyl (C=O) groups excluding carboxylic acids is 2. The monoisotopic (exact) mass is 439 g/mol. The molecule has 0 aliphatic heterocycles. The molecular weight excluding hydrogens is 419 g/mol. The van der Waals surface area contributed by atoms with E-state index in [0.717, 1.165) is 0 Å². The molecule has 0 unspecified atom stereocenters. The van der Waals surface area contributed by atoms with Gasteiger partial charge in [-0.05, 0) is 69.6 Å². The van der Waals surface area contributed by atoms with Gasteiger partial charge in [-0.25, -0.2) is 9.59 Å². The van der Waals surface area contributed by atoms with Crippen molar-refractivity contribution in [2.45, 2.75) is 58.9 Å². The summed E-state index contributed by atoms with van der Waals surface area (Å²) in [6.45, 7) is 9.60. The lowest BCUT2D eigenvalue weighted by Gasteiger charge is -2.22. The number of ether oxygens (including phenoxy) is 2. The Bertz CT molecular complexity index is 704. The first-order valence-corrected chi connectivity index (χ1v) is 8.43. The summed E-state index contributed by atoms with van der Waals surface area (Å²) in [5, 5.41) is 2.22. The third kappa shape index (κ3) is 6.86. The lowest BCUT2D eigenvalue weighted by Crippen LogP contribution is -2.28. The summed E-state index contributed by atoms with van der Waals surface area (Å²) in [4.78, 5) is 24.2. The third-order valence-corrected chi connectivity index (χ3v) is 3.51. The number of halogens is 4. The van der Waals surface area contributed by atoms with Crippen molar-refractivity contribution < 1.29 is 32.2 Å². The molecule has 0 aliphatic carbocycles. The van der Waals surface area contributed by atoms with Crippen LogP contribution in [0, 0.1) is 0 Å². The first-order chi connectivity index (χ1) is 11.5. The fourth-order valence-electron chi connectivity index (χ4n) is 1.77. The maximum absolute atomic E-state index is 13.2. The van der Waals surface area contributed by atoms with Gasteiger partial charge in [-0.2, -0.15) is 13.2 Å². The number of alkyl halides is 3. The molecule has 0 saturated heterocycles. The third-order valence-electron chi connectivity index (χ3n) is 2.65. The Morgan fingerprint density at radius 1 is 0.962 bits per heavy atom. The minimum absolute atomic E-state index is 0.0365. The number of hydrogen-bond donors (Lipinski definition) is 1. The molecule has 0 spiro atoms. The average molecular weight is 440 g/mol. The van der Waals surface area contributed by atoms with Crippen molar-refractivity contribution in [2.24, 2.45) is 0 Å². The van der Waals surface area contributed by atoms with Gasteiger partial charge in [0.2, 0.25) is 0 Å². The summed E-state index contributed by atoms with van der Waals surface area (Å²) in [6.07, 6.45) is -5.67. The van der Waals surface area contributed by atoms with Crippen LogP contribution in [-0.4, -0.2) is 23.3 Å². The van der Waals surface area contributed by atoms with E-state index in [1.54, 1.807) is 41.5 Å². The maximum atomic E-state index is 13.2. The van der Waals surface area contributed by atoms with E-state index in [4.69, 9.17) is 9.47 Å². The van der Waals surface area contributed by atoms with Crippen molar-refractivity contribution in [1.82, 2.24) is 0 Å². The fraction of sp³-hybridized carbons (Fsp3) is 0.529. The molecule has 146 valence electrons. The highest BCUT2D eigenvalue weighted by Gasteiger charge is 2.34. The highest BCUT2D eigenvalue weighted by molar-refractivity contribution is 9.10. The van der Waals surface area contributed by atoms with Crippen LogP contribution in [0.1, 0.15) is 57.5 Å². The van der Waals surface area contributed by atoms with Crippen molar-refractivity contribution in [3.05, 3.63) is 27.7 Å². The van der Waals surface area contributed by atoms with Gasteiger partial charge in [0.15, 0.2) is 0 Å². The number of rotatable bonds is 2. The number of anilines is 1. The molecule has 0 radical (unpaired) electrons. The van der Waals surface area contributed by atoms with Gasteiger partial charge in [0, 0.05) is 0 Å². The Hall–Kier alpha value is -1.77. The second-order valence-electron chi connectivity index (χ2n) is 7.51. The van der Waals surface area contributed by atoms with Crippen molar-refractivity contribution in [1.29, 1.82) is 0 Å². The smallest absolute Gasteiger partial charge is 0.416 e. The zero-order valence-electron chi connectivity index (χ0n) is 15.3. The van der Waals surface area contributed by atoms with Crippen LogP contribution >= 0.6 is 15.9 Å². The first kappa shape index (κ1) is 22.3. The molecule has 1 N–H and O–H groups in total. The summed E-state index contributed by atoms with van der Waals surface area (Å²) in [7, 11) is 0. The van der Waals surface area contributed by atoms with Crippen LogP contribution in [0.5, 0.6) is 0 Å². The van der Waals surface area contributed by atoms with E-state index >= 15 is 0 Å². The largest absolute Gasteiger partial charge is 0.456 e. The SMILES string of the molecule is CC(C)(C)OC(=O)Nc1cc(C(F)(F)F)cc(C(=O)OC(C)(C)C)c1Br. The van der Waals surface area contributed by atoms with Crippen LogP contribution < -0.4 is 5.32 Å². The molecular formula is C17H21BrF3NO4. The lowest BCUT2D eigenvalue weighted by atomic mass is 10.1. The van der Waals surface area contributed by atoms with Gasteiger partial charge in [0.1, 0.15) is 11.2 Å². The van der Waals surface area contributed by atoms with Crippen LogP contribution in [0.15, 0.2) is 16.6 Å². The standard InChI is InChI=1S/C17H21BrF3NO4/c1-15(2,3)25-13(23)10-7-9(17(19,20)21)8-11(12(10)18)22-14(24)26-16(4,5)6/h7-8H,1-6H3,(H,22,24). The average Bonchev–Trinajstić information content (AvgIpc) is 2.35. The molecule has 1 rings (SSSR count). The van der Waals surface area contributed by atoms with E-state index < -0.39 is 35.0 Å². The molecule has 0 aliphatic rings. The van der Waals surface area contributed by atoms with Gasteiger partial charge in [-0.1, -0.05) is 0 Å². The van der Waals surface area contributed by atoms with Crippen LogP contribution in [0.25, 0.3) is 0 Å². The van der Waals surface area contributed by atoms with Crippen molar-refractivity contribution in [3.63, 3.8) is 0 Å². The van der Waals surface area contributed by atoms with E-state index in [2.05, 4.69) is 21.2 Å². The highest BCUT2D eigenvalue weighted by Crippen LogP contribution is 2.37. The lowest BCUT2D eigenvalue weighted by molar-refractivity contribution is -0.137. The molecule has 0 heterocycles. The summed E-state index contributed by atoms with van der Waals surface area (Å²) in [5.41, 5.74) is -3.46. The molecule has 0 atom stereocenters. The molecule has 5 nitrogen and oxygen atoms in total. The van der Waals surface area contributed by atoms with Crippen LogP contribution in [-0.2, 0) is 15.7 Å². The number of benzene rings is 1. The molecule has 1 amide bonds. The molecule has 0 bridgehead atoms. The molecule has 0 aromatic heterocycles. The highest BCUT2D eigenvalue weighted by atomic mass is 79.9. The summed E-state index contributed by atoms with van der Waals surface area (Å²) < 4.78 is 49.7. The van der Waals surface area contributed by atoms with Crippen molar-refractivity contribution in [2.75, 3.05) is 5.32 Å². The van der Waals surface area contributed by atoms with Crippen LogP contribution in [0.2, 0.25) is 0 Å². The maximum Gasteiger partial charge on any atom is 0.416 e. The van der Waals surface area contributed by atoms with Crippen LogP contribution in [0.4, 0.5) is 23.7 Å². The second-order valence-corrected chi connectivity index (χ2v) is 8.30. The van der Waals surface area contributed by atoms with E-state index in [1.165, 1.54) is 0 Å². The molecule has 26 heavy (non-hydrogen) atoms. The van der Waals surface area contributed by atoms with E-state index in [1.807, 2.05) is 0 Å². The Labute approximate surface area is 158 Å². The van der Waals surface area contributed by atoms with Gasteiger partial charge in [-0.3, -0.25) is 5.32 Å². The Balaban J connectivity index is 3.35. The summed E-state index contributed by atoms with van der Waals surface area (Å²) in [6, 6.07) is 1.38. The Morgan fingerprint density at radius 3 is 1.88 bits per heavy atom. The molecule has 1 aromatic carbocycles. The van der Waals surface area contributed by atoms with Gasteiger partial charge in [0.25, 0.3) is 0 Å². The Kier molecular flexibility index (Phi) is 6.39. The van der Waals surface area contributed by atoms with Crippen molar-refractivity contribution in [3.8, 4) is 0 Å². The number of amides is 1. The number of carbonyl (C=O) groups is 2. The van der Waals surface area contributed by atoms with Crippen molar-refractivity contribution >= 4 is 33.7 Å². The first-order valence-electron chi connectivity index (χ1n) is 7.64. The minimum Gasteiger partial charge on any atom is -0.456 e. The van der Waals surface area contributed by atoms with Crippen LogP contribution in [0.3, 0.4) is 0 Å². The van der Waals surface area contributed by atoms with Gasteiger partial charge in [-0.15, -0.1) is 0 Å². The predicted molar refractivity (Wildman–Crippen MR) is 94.2 cm³/mol. The van der Waals surface area contributed by atoms with E-state index in [0.29, 0.717) is 12.1 Å². The second kappa shape index (κ2) is 7.46. The van der Waals surface area contributed by atoms with E-state index in [9.17, 15) is 22.8 Å². The molecule has 9 heteroatoms. The van der Waals surface area contributed by atoms with Gasteiger partial charge in [0.05, 0.1) is 21.3 Å². The predicted octanol–water partition coefficient (Wildman–Crippen LogP) is 5.77. The topological polar surface area (TPSA) is 64.6 Å². The molecule has 1 aromatic rings. The zero-order chi connectivity index (χ0) is 20.5. The molecule has 0 saturated carbocycles. The number of nitrogens with one attached hydrogen (secondary N) is 1. The minimum atomic E-state index is -4.72. The summed E-state index contributed by atoms with van der Waals surface area (Å²) in [5.74, 6) is -0.956. The van der Waals surface area contributed by atoms with Gasteiger partial charge < -0.3 is 9.47 Å². The number of hydrogen-bond acceptors (Lipinski definition) is 4. The number of esters is 1. The van der Waals surface area contributed by atoms with E-state index in [-0.39, 0.29) is 15.7 Å². The fourth-order valence-corrected chi connectivity index (χ4v) is 2.26. The Morgan fingerprint density at radius 2 is 1.46 bits per heavy atom. The normalized spacial score (nSPS) is 12.5. The van der Waals surface area contributed by atoms with Gasteiger partial charge >= 0.3 is 18.2 Å².